The Bertz CT molecular complexity index is 1570. The van der Waals surface area contributed by atoms with Crippen molar-refractivity contribution in [2.75, 3.05) is 28.4 Å². The number of aryl methyl sites for hydroxylation is 1. The average Bonchev–Trinajstić information content (AvgIpc) is 3.50. The summed E-state index contributed by atoms with van der Waals surface area (Å²) in [6.07, 6.45) is 7.83. The lowest BCUT2D eigenvalue weighted by molar-refractivity contribution is -0.142. The minimum absolute atomic E-state index is 0.0555. The van der Waals surface area contributed by atoms with Gasteiger partial charge in [-0.25, -0.2) is 0 Å². The third-order valence-electron chi connectivity index (χ3n) is 8.63. The Balaban J connectivity index is 1.55. The summed E-state index contributed by atoms with van der Waals surface area (Å²) < 4.78 is 22.3. The molecule has 0 unspecified atom stereocenters. The SMILES string of the molecule is COc1ccc(CN(C(=O)CCc2c[nH]c3ccccc23)[C@@H](C(=O)NC2CCCCC2)c2cc(OC)c(OC)c(OC)c2)cc1. The summed E-state index contributed by atoms with van der Waals surface area (Å²) in [4.78, 5) is 33.7. The molecule has 1 heterocycles. The van der Waals surface area contributed by atoms with Crippen molar-refractivity contribution in [3.63, 3.8) is 0 Å². The van der Waals surface area contributed by atoms with Gasteiger partial charge in [-0.15, -0.1) is 0 Å². The number of aromatic amines is 1. The molecular formula is C36H43N3O6. The lowest BCUT2D eigenvalue weighted by Gasteiger charge is -2.34. The summed E-state index contributed by atoms with van der Waals surface area (Å²) in [5.41, 5.74) is 3.53. The minimum Gasteiger partial charge on any atom is -0.497 e. The molecule has 4 aromatic rings. The average molecular weight is 614 g/mol. The van der Waals surface area contributed by atoms with Gasteiger partial charge in [0.15, 0.2) is 11.5 Å². The molecule has 0 radical (unpaired) electrons. The number of carbonyl (C=O) groups is 2. The van der Waals surface area contributed by atoms with E-state index in [1.165, 1.54) is 13.5 Å². The van der Waals surface area contributed by atoms with Gasteiger partial charge in [0, 0.05) is 36.1 Å². The highest BCUT2D eigenvalue weighted by atomic mass is 16.5. The third-order valence-corrected chi connectivity index (χ3v) is 8.63. The Morgan fingerprint density at radius 3 is 2.22 bits per heavy atom. The van der Waals surface area contributed by atoms with Crippen molar-refractivity contribution in [2.45, 2.75) is 63.6 Å². The van der Waals surface area contributed by atoms with Gasteiger partial charge >= 0.3 is 0 Å². The fraction of sp³-hybridized carbons (Fsp3) is 0.389. The summed E-state index contributed by atoms with van der Waals surface area (Å²) in [5.74, 6) is 1.59. The van der Waals surface area contributed by atoms with Crippen LogP contribution in [0.2, 0.25) is 0 Å². The first-order valence-electron chi connectivity index (χ1n) is 15.5. The molecule has 9 heteroatoms. The number of para-hydroxylation sites is 1. The standard InChI is InChI=1S/C36H43N3O6/c1-42-28-17-14-24(15-18-28)23-39(33(40)19-16-25-22-37-30-13-9-8-12-29(25)30)34(36(41)38-27-10-6-5-7-11-27)26-20-31(43-2)35(45-4)32(21-26)44-3/h8-9,12-15,17-18,20-22,27,34,37H,5-7,10-11,16,19,23H2,1-4H3,(H,38,41)/t34-/m1/s1. The fourth-order valence-corrected chi connectivity index (χ4v) is 6.23. The summed E-state index contributed by atoms with van der Waals surface area (Å²) >= 11 is 0. The van der Waals surface area contributed by atoms with Crippen molar-refractivity contribution in [2.24, 2.45) is 0 Å². The van der Waals surface area contributed by atoms with E-state index in [2.05, 4.69) is 16.4 Å². The van der Waals surface area contributed by atoms with Crippen LogP contribution in [0.5, 0.6) is 23.0 Å². The van der Waals surface area contributed by atoms with Crippen LogP contribution in [0.4, 0.5) is 0 Å². The highest BCUT2D eigenvalue weighted by Crippen LogP contribution is 2.41. The number of H-pyrrole nitrogens is 1. The fourth-order valence-electron chi connectivity index (χ4n) is 6.23. The molecule has 238 valence electrons. The molecule has 2 amide bonds. The Labute approximate surface area is 264 Å². The van der Waals surface area contributed by atoms with Crippen molar-refractivity contribution in [1.29, 1.82) is 0 Å². The molecule has 0 aliphatic heterocycles. The Morgan fingerprint density at radius 2 is 1.58 bits per heavy atom. The number of benzene rings is 3. The predicted molar refractivity (Wildman–Crippen MR) is 174 cm³/mol. The Morgan fingerprint density at radius 1 is 0.889 bits per heavy atom. The van der Waals surface area contributed by atoms with E-state index in [1.807, 2.05) is 48.7 Å². The number of ether oxygens (including phenoxy) is 4. The summed E-state index contributed by atoms with van der Waals surface area (Å²) in [6.45, 7) is 0.218. The number of hydrogen-bond acceptors (Lipinski definition) is 6. The highest BCUT2D eigenvalue weighted by Gasteiger charge is 2.34. The van der Waals surface area contributed by atoms with Crippen molar-refractivity contribution < 1.29 is 28.5 Å². The zero-order valence-corrected chi connectivity index (χ0v) is 26.6. The van der Waals surface area contributed by atoms with Crippen molar-refractivity contribution in [1.82, 2.24) is 15.2 Å². The van der Waals surface area contributed by atoms with Crippen LogP contribution >= 0.6 is 0 Å². The van der Waals surface area contributed by atoms with E-state index < -0.39 is 6.04 Å². The maximum absolute atomic E-state index is 14.4. The number of rotatable bonds is 13. The molecule has 1 aliphatic carbocycles. The van der Waals surface area contributed by atoms with Crippen LogP contribution < -0.4 is 24.3 Å². The second-order valence-electron chi connectivity index (χ2n) is 11.4. The molecule has 9 nitrogen and oxygen atoms in total. The molecule has 1 saturated carbocycles. The molecular weight excluding hydrogens is 570 g/mol. The van der Waals surface area contributed by atoms with Crippen molar-refractivity contribution >= 4 is 22.7 Å². The molecule has 3 aromatic carbocycles. The van der Waals surface area contributed by atoms with Crippen LogP contribution in [-0.2, 0) is 22.6 Å². The lowest BCUT2D eigenvalue weighted by atomic mass is 9.94. The molecule has 0 saturated heterocycles. The normalized spacial score (nSPS) is 14.0. The van der Waals surface area contributed by atoms with Crippen LogP contribution in [0.25, 0.3) is 10.9 Å². The minimum atomic E-state index is -0.946. The van der Waals surface area contributed by atoms with Crippen LogP contribution in [0.1, 0.15) is 61.3 Å². The third kappa shape index (κ3) is 7.36. The first-order chi connectivity index (χ1) is 21.9. The van der Waals surface area contributed by atoms with Gasteiger partial charge in [0.1, 0.15) is 11.8 Å². The molecule has 45 heavy (non-hydrogen) atoms. The van der Waals surface area contributed by atoms with Gasteiger partial charge in [-0.2, -0.15) is 0 Å². The molecule has 5 rings (SSSR count). The van der Waals surface area contributed by atoms with E-state index in [0.29, 0.717) is 35.0 Å². The van der Waals surface area contributed by atoms with Gasteiger partial charge in [0.2, 0.25) is 17.6 Å². The smallest absolute Gasteiger partial charge is 0.247 e. The molecule has 1 atom stereocenters. The van der Waals surface area contributed by atoms with Gasteiger partial charge < -0.3 is 34.1 Å². The largest absolute Gasteiger partial charge is 0.497 e. The quantitative estimate of drug-likeness (QED) is 0.182. The zero-order chi connectivity index (χ0) is 31.8. The number of nitrogens with one attached hydrogen (secondary N) is 2. The predicted octanol–water partition coefficient (Wildman–Crippen LogP) is 6.35. The molecule has 1 aliphatic rings. The van der Waals surface area contributed by atoms with Crippen molar-refractivity contribution in [3.05, 3.63) is 83.6 Å². The monoisotopic (exact) mass is 613 g/mol. The van der Waals surface area contributed by atoms with E-state index in [-0.39, 0.29) is 30.8 Å². The van der Waals surface area contributed by atoms with Crippen LogP contribution in [0.15, 0.2) is 66.9 Å². The number of methoxy groups -OCH3 is 4. The number of aromatic nitrogens is 1. The molecule has 1 fully saturated rings. The molecule has 0 spiro atoms. The number of amides is 2. The van der Waals surface area contributed by atoms with E-state index >= 15 is 0 Å². The van der Waals surface area contributed by atoms with Gasteiger partial charge in [0.25, 0.3) is 0 Å². The molecule has 0 bridgehead atoms. The number of nitrogens with zero attached hydrogens (tertiary/aromatic N) is 1. The van der Waals surface area contributed by atoms with Gasteiger partial charge in [-0.1, -0.05) is 49.6 Å². The zero-order valence-electron chi connectivity index (χ0n) is 26.6. The maximum Gasteiger partial charge on any atom is 0.247 e. The molecule has 2 N–H and O–H groups in total. The molecule has 1 aromatic heterocycles. The summed E-state index contributed by atoms with van der Waals surface area (Å²) in [5, 5.41) is 4.37. The van der Waals surface area contributed by atoms with Gasteiger partial charge in [-0.3, -0.25) is 9.59 Å². The number of fused-ring (bicyclic) bond motifs is 1. The summed E-state index contributed by atoms with van der Waals surface area (Å²) in [6, 6.07) is 18.3. The second kappa shape index (κ2) is 14.9. The first kappa shape index (κ1) is 31.8. The van der Waals surface area contributed by atoms with Gasteiger partial charge in [-0.05, 0) is 66.3 Å². The Hall–Kier alpha value is -4.66. The van der Waals surface area contributed by atoms with E-state index in [0.717, 1.165) is 47.7 Å². The summed E-state index contributed by atoms with van der Waals surface area (Å²) in [7, 11) is 6.24. The van der Waals surface area contributed by atoms with Crippen LogP contribution in [-0.4, -0.2) is 56.2 Å². The van der Waals surface area contributed by atoms with Crippen LogP contribution in [0, 0.1) is 0 Å². The number of carbonyl (C=O) groups excluding carboxylic acids is 2. The topological polar surface area (TPSA) is 102 Å². The van der Waals surface area contributed by atoms with E-state index in [9.17, 15) is 9.59 Å². The highest BCUT2D eigenvalue weighted by molar-refractivity contribution is 5.90. The van der Waals surface area contributed by atoms with Crippen LogP contribution in [0.3, 0.4) is 0 Å². The van der Waals surface area contributed by atoms with Gasteiger partial charge in [0.05, 0.1) is 28.4 Å². The second-order valence-corrected chi connectivity index (χ2v) is 11.4. The van der Waals surface area contributed by atoms with E-state index in [4.69, 9.17) is 18.9 Å². The maximum atomic E-state index is 14.4. The number of hydrogen-bond donors (Lipinski definition) is 2. The Kier molecular flexibility index (Phi) is 10.5. The lowest BCUT2D eigenvalue weighted by Crippen LogP contribution is -2.47. The van der Waals surface area contributed by atoms with Crippen molar-refractivity contribution in [3.8, 4) is 23.0 Å². The first-order valence-corrected chi connectivity index (χ1v) is 15.5. The van der Waals surface area contributed by atoms with E-state index in [1.54, 1.807) is 38.4 Å².